The van der Waals surface area contributed by atoms with Crippen LogP contribution in [0.4, 0.5) is 11.5 Å². The van der Waals surface area contributed by atoms with Gasteiger partial charge in [0.05, 0.1) is 17.2 Å². The summed E-state index contributed by atoms with van der Waals surface area (Å²) in [5.41, 5.74) is 2.91. The van der Waals surface area contributed by atoms with Gasteiger partial charge in [0, 0.05) is 56.6 Å². The number of aryl methyl sites for hydroxylation is 2. The lowest BCUT2D eigenvalue weighted by molar-refractivity contribution is 0.644. The van der Waals surface area contributed by atoms with E-state index >= 15 is 0 Å². The van der Waals surface area contributed by atoms with Crippen LogP contribution in [0, 0.1) is 6.92 Å². The van der Waals surface area contributed by atoms with E-state index in [0.29, 0.717) is 11.3 Å². The first-order valence-electron chi connectivity index (χ1n) is 9.89. The summed E-state index contributed by atoms with van der Waals surface area (Å²) < 4.78 is 1.51. The molecule has 0 amide bonds. The molecule has 2 aromatic heterocycles. The molecule has 1 aliphatic carbocycles. The molecule has 3 aromatic rings. The Labute approximate surface area is 163 Å². The number of hydrogen-bond acceptors (Lipinski definition) is 6. The molecule has 0 bridgehead atoms. The minimum Gasteiger partial charge on any atom is -0.368 e. The van der Waals surface area contributed by atoms with Crippen molar-refractivity contribution in [2.75, 3.05) is 36.0 Å². The smallest absolute Gasteiger partial charge is 0.260 e. The SMILES string of the molecule is Cc1cc(N2CCN(c3ccc4c(=O)n(C)cnc4c3)CC2)nc(C2CC2)n1. The minimum atomic E-state index is -0.00744. The highest BCUT2D eigenvalue weighted by Gasteiger charge is 2.28. The Kier molecular flexibility index (Phi) is 4.03. The number of piperazine rings is 1. The van der Waals surface area contributed by atoms with Gasteiger partial charge in [0.25, 0.3) is 5.56 Å². The Balaban J connectivity index is 1.34. The lowest BCUT2D eigenvalue weighted by atomic mass is 10.2. The molecule has 0 atom stereocenters. The van der Waals surface area contributed by atoms with E-state index in [1.807, 2.05) is 18.2 Å². The zero-order valence-corrected chi connectivity index (χ0v) is 16.3. The molecule has 28 heavy (non-hydrogen) atoms. The molecule has 1 saturated heterocycles. The van der Waals surface area contributed by atoms with Crippen molar-refractivity contribution in [1.82, 2.24) is 19.5 Å². The molecule has 1 aliphatic heterocycles. The van der Waals surface area contributed by atoms with Crippen LogP contribution in [-0.4, -0.2) is 45.7 Å². The monoisotopic (exact) mass is 376 g/mol. The maximum Gasteiger partial charge on any atom is 0.260 e. The fourth-order valence-electron chi connectivity index (χ4n) is 3.85. The van der Waals surface area contributed by atoms with E-state index in [0.717, 1.165) is 54.7 Å². The van der Waals surface area contributed by atoms with Crippen molar-refractivity contribution in [2.45, 2.75) is 25.7 Å². The maximum absolute atomic E-state index is 12.2. The number of rotatable bonds is 3. The van der Waals surface area contributed by atoms with E-state index in [1.165, 1.54) is 17.4 Å². The molecule has 1 saturated carbocycles. The third-order valence-corrected chi connectivity index (χ3v) is 5.67. The molecule has 7 heteroatoms. The average Bonchev–Trinajstić information content (AvgIpc) is 3.56. The van der Waals surface area contributed by atoms with Crippen LogP contribution >= 0.6 is 0 Å². The molecule has 0 N–H and O–H groups in total. The molecule has 2 aliphatic rings. The van der Waals surface area contributed by atoms with Gasteiger partial charge in [0.15, 0.2) is 0 Å². The lowest BCUT2D eigenvalue weighted by Crippen LogP contribution is -2.47. The molecule has 5 rings (SSSR count). The number of aromatic nitrogens is 4. The molecule has 144 valence electrons. The summed E-state index contributed by atoms with van der Waals surface area (Å²) in [6.45, 7) is 5.72. The predicted octanol–water partition coefficient (Wildman–Crippen LogP) is 2.24. The summed E-state index contributed by atoms with van der Waals surface area (Å²) in [6.07, 6.45) is 4.02. The zero-order chi connectivity index (χ0) is 19.3. The summed E-state index contributed by atoms with van der Waals surface area (Å²) in [6, 6.07) is 8.03. The number of anilines is 2. The minimum absolute atomic E-state index is 0.00744. The van der Waals surface area contributed by atoms with E-state index < -0.39 is 0 Å². The Morgan fingerprint density at radius 2 is 1.75 bits per heavy atom. The molecule has 0 unspecified atom stereocenters. The summed E-state index contributed by atoms with van der Waals surface area (Å²) >= 11 is 0. The second-order valence-electron chi connectivity index (χ2n) is 7.84. The van der Waals surface area contributed by atoms with Crippen molar-refractivity contribution in [2.24, 2.45) is 7.05 Å². The van der Waals surface area contributed by atoms with Gasteiger partial charge < -0.3 is 14.4 Å². The van der Waals surface area contributed by atoms with E-state index in [2.05, 4.69) is 32.8 Å². The maximum atomic E-state index is 12.2. The topological polar surface area (TPSA) is 67.2 Å². The normalized spacial score (nSPS) is 17.4. The van der Waals surface area contributed by atoms with Crippen molar-refractivity contribution >= 4 is 22.4 Å². The van der Waals surface area contributed by atoms with Gasteiger partial charge in [-0.15, -0.1) is 0 Å². The van der Waals surface area contributed by atoms with Crippen LogP contribution < -0.4 is 15.4 Å². The van der Waals surface area contributed by atoms with Crippen molar-refractivity contribution in [3.05, 3.63) is 52.5 Å². The van der Waals surface area contributed by atoms with Gasteiger partial charge in [0.2, 0.25) is 0 Å². The molecule has 7 nitrogen and oxygen atoms in total. The van der Waals surface area contributed by atoms with Crippen molar-refractivity contribution in [3.8, 4) is 0 Å². The van der Waals surface area contributed by atoms with Gasteiger partial charge in [0.1, 0.15) is 11.6 Å². The Morgan fingerprint density at radius 1 is 1.00 bits per heavy atom. The van der Waals surface area contributed by atoms with Crippen LogP contribution in [-0.2, 0) is 7.05 Å². The van der Waals surface area contributed by atoms with Gasteiger partial charge in [-0.25, -0.2) is 15.0 Å². The zero-order valence-electron chi connectivity index (χ0n) is 16.3. The fourth-order valence-corrected chi connectivity index (χ4v) is 3.85. The summed E-state index contributed by atoms with van der Waals surface area (Å²) in [5.74, 6) is 2.63. The largest absolute Gasteiger partial charge is 0.368 e. The number of benzene rings is 1. The van der Waals surface area contributed by atoms with Crippen LogP contribution in [0.2, 0.25) is 0 Å². The van der Waals surface area contributed by atoms with Crippen LogP contribution in [0.1, 0.15) is 30.3 Å². The molecule has 0 spiro atoms. The number of hydrogen-bond donors (Lipinski definition) is 0. The number of nitrogens with zero attached hydrogens (tertiary/aromatic N) is 6. The van der Waals surface area contributed by atoms with Gasteiger partial charge in [-0.05, 0) is 38.0 Å². The Hall–Kier alpha value is -2.96. The third kappa shape index (κ3) is 3.10. The highest BCUT2D eigenvalue weighted by atomic mass is 16.1. The second kappa shape index (κ2) is 6.58. The fraction of sp³-hybridized carbons (Fsp3) is 0.429. The molecule has 3 heterocycles. The van der Waals surface area contributed by atoms with Gasteiger partial charge in [-0.2, -0.15) is 0 Å². The van der Waals surface area contributed by atoms with Crippen molar-refractivity contribution < 1.29 is 0 Å². The predicted molar refractivity (Wildman–Crippen MR) is 110 cm³/mol. The highest BCUT2D eigenvalue weighted by Crippen LogP contribution is 2.38. The summed E-state index contributed by atoms with van der Waals surface area (Å²) in [7, 11) is 1.73. The summed E-state index contributed by atoms with van der Waals surface area (Å²) in [4.78, 5) is 30.8. The molecule has 2 fully saturated rings. The average molecular weight is 376 g/mol. The van der Waals surface area contributed by atoms with Gasteiger partial charge in [-0.1, -0.05) is 0 Å². The van der Waals surface area contributed by atoms with Crippen LogP contribution in [0.3, 0.4) is 0 Å². The van der Waals surface area contributed by atoms with Gasteiger partial charge >= 0.3 is 0 Å². The van der Waals surface area contributed by atoms with E-state index in [4.69, 9.17) is 4.98 Å². The van der Waals surface area contributed by atoms with E-state index in [1.54, 1.807) is 13.4 Å². The Morgan fingerprint density at radius 3 is 2.50 bits per heavy atom. The first-order valence-corrected chi connectivity index (χ1v) is 9.89. The standard InChI is InChI=1S/C21H24N6O/c1-14-11-19(24-20(23-14)15-3-4-15)27-9-7-26(8-10-27)16-5-6-17-18(12-16)22-13-25(2)21(17)28/h5-6,11-13,15H,3-4,7-10H2,1-2H3. The Bertz CT molecular complexity index is 1100. The molecular formula is C21H24N6O. The lowest BCUT2D eigenvalue weighted by Gasteiger charge is -2.37. The molecular weight excluding hydrogens is 352 g/mol. The third-order valence-electron chi connectivity index (χ3n) is 5.67. The van der Waals surface area contributed by atoms with Crippen LogP contribution in [0.15, 0.2) is 35.4 Å². The van der Waals surface area contributed by atoms with Gasteiger partial charge in [-0.3, -0.25) is 4.79 Å². The van der Waals surface area contributed by atoms with Crippen LogP contribution in [0.5, 0.6) is 0 Å². The first-order chi connectivity index (χ1) is 13.6. The second-order valence-corrected chi connectivity index (χ2v) is 7.84. The molecule has 0 radical (unpaired) electrons. The van der Waals surface area contributed by atoms with E-state index in [9.17, 15) is 4.79 Å². The number of fused-ring (bicyclic) bond motifs is 1. The summed E-state index contributed by atoms with van der Waals surface area (Å²) in [5, 5.41) is 0.663. The van der Waals surface area contributed by atoms with Crippen LogP contribution in [0.25, 0.3) is 10.9 Å². The van der Waals surface area contributed by atoms with Crippen molar-refractivity contribution in [3.63, 3.8) is 0 Å². The van der Waals surface area contributed by atoms with E-state index in [-0.39, 0.29) is 5.56 Å². The first kappa shape index (κ1) is 17.2. The molecule has 1 aromatic carbocycles. The van der Waals surface area contributed by atoms with Crippen molar-refractivity contribution in [1.29, 1.82) is 0 Å². The highest BCUT2D eigenvalue weighted by molar-refractivity contribution is 5.81. The quantitative estimate of drug-likeness (QED) is 0.698.